The highest BCUT2D eigenvalue weighted by Crippen LogP contribution is 2.22. The van der Waals surface area contributed by atoms with E-state index in [-0.39, 0.29) is 55.4 Å². The van der Waals surface area contributed by atoms with Crippen LogP contribution in [0, 0.1) is 0 Å². The van der Waals surface area contributed by atoms with Crippen LogP contribution in [0.25, 0.3) is 0 Å². The fourth-order valence-corrected chi connectivity index (χ4v) is 6.36. The van der Waals surface area contributed by atoms with Crippen molar-refractivity contribution in [1.29, 1.82) is 0 Å². The van der Waals surface area contributed by atoms with Gasteiger partial charge in [-0.3, -0.25) is 0 Å². The molecule has 0 bridgehead atoms. The van der Waals surface area contributed by atoms with Crippen molar-refractivity contribution in [2.75, 3.05) is 70.2 Å². The van der Waals surface area contributed by atoms with E-state index >= 15 is 0 Å². The third-order valence-corrected chi connectivity index (χ3v) is 9.68. The second-order valence-corrected chi connectivity index (χ2v) is 16.5. The summed E-state index contributed by atoms with van der Waals surface area (Å²) < 4.78 is 10.7. The van der Waals surface area contributed by atoms with Gasteiger partial charge in [0.05, 0.1) is 0 Å². The lowest BCUT2D eigenvalue weighted by Gasteiger charge is -2.37. The van der Waals surface area contributed by atoms with E-state index in [0.717, 1.165) is 76.6 Å². The largest absolute Gasteiger partial charge is 0.444 e. The SMILES string of the molecule is CN(C(=O)OC(C)(C)C)C1CCN(c2ccncn2)CC1.CN(C(=O)OC(C)(C)C)C1CCNCC1.CNC1CCN(c2ccncn2)CC1.Cl.Cl.Cl.Clc1ccncn1. The third kappa shape index (κ3) is 21.8. The van der Waals surface area contributed by atoms with Crippen LogP contribution in [-0.4, -0.2) is 142 Å². The minimum absolute atomic E-state index is 0. The van der Waals surface area contributed by atoms with Crippen molar-refractivity contribution >= 4 is 72.6 Å². The second kappa shape index (κ2) is 28.9. The van der Waals surface area contributed by atoms with E-state index in [1.54, 1.807) is 47.1 Å². The van der Waals surface area contributed by atoms with Gasteiger partial charge in [0.2, 0.25) is 0 Å². The molecule has 0 aromatic carbocycles. The molecular weight excluding hydrogens is 854 g/mol. The molecule has 0 radical (unpaired) electrons. The number of anilines is 2. The van der Waals surface area contributed by atoms with E-state index in [9.17, 15) is 9.59 Å². The van der Waals surface area contributed by atoms with Gasteiger partial charge in [-0.1, -0.05) is 11.6 Å². The zero-order valence-corrected chi connectivity index (χ0v) is 39.8. The van der Waals surface area contributed by atoms with Crippen LogP contribution in [0.1, 0.15) is 80.1 Å². The third-order valence-electron chi connectivity index (χ3n) is 9.46. The second-order valence-electron chi connectivity index (χ2n) is 16.1. The maximum atomic E-state index is 12.1. The molecule has 16 nitrogen and oxygen atoms in total. The molecule has 2 amide bonds. The summed E-state index contributed by atoms with van der Waals surface area (Å²) in [6.45, 7) is 17.2. The Balaban J connectivity index is 0.000000800. The molecule has 6 rings (SSSR count). The summed E-state index contributed by atoms with van der Waals surface area (Å²) >= 11 is 5.39. The van der Waals surface area contributed by atoms with Crippen molar-refractivity contribution in [3.63, 3.8) is 0 Å². The van der Waals surface area contributed by atoms with Gasteiger partial charge in [0, 0.05) is 77.0 Å². The highest BCUT2D eigenvalue weighted by atomic mass is 35.5. The summed E-state index contributed by atoms with van der Waals surface area (Å²) in [5.41, 5.74) is -0.856. The van der Waals surface area contributed by atoms with Crippen molar-refractivity contribution in [1.82, 2.24) is 50.3 Å². The van der Waals surface area contributed by atoms with Gasteiger partial charge in [-0.05, 0) is 118 Å². The normalized spacial score (nSPS) is 15.8. The van der Waals surface area contributed by atoms with Crippen molar-refractivity contribution in [2.45, 2.75) is 109 Å². The van der Waals surface area contributed by atoms with E-state index in [2.05, 4.69) is 50.3 Å². The zero-order chi connectivity index (χ0) is 41.8. The Morgan fingerprint density at radius 2 is 1.05 bits per heavy atom. The number of carbonyl (C=O) groups excluding carboxylic acids is 2. The first-order chi connectivity index (χ1) is 27.1. The minimum Gasteiger partial charge on any atom is -0.444 e. The predicted molar refractivity (Wildman–Crippen MR) is 246 cm³/mol. The van der Waals surface area contributed by atoms with Gasteiger partial charge < -0.3 is 39.7 Å². The molecule has 3 saturated heterocycles. The number of aromatic nitrogens is 6. The number of carbonyl (C=O) groups is 2. The Morgan fingerprint density at radius 3 is 1.37 bits per heavy atom. The fraction of sp³-hybridized carbons (Fsp3) is 0.650. The number of rotatable bonds is 5. The van der Waals surface area contributed by atoms with Crippen LogP contribution in [0.2, 0.25) is 5.15 Å². The summed E-state index contributed by atoms with van der Waals surface area (Å²) in [5, 5.41) is 7.08. The summed E-state index contributed by atoms with van der Waals surface area (Å²) in [6, 6.07) is 6.73. The average Bonchev–Trinajstić information content (AvgIpc) is 3.21. The van der Waals surface area contributed by atoms with E-state index in [1.165, 1.54) is 19.2 Å². The van der Waals surface area contributed by atoms with Crippen LogP contribution in [0.15, 0.2) is 55.8 Å². The molecule has 20 heteroatoms. The zero-order valence-electron chi connectivity index (χ0n) is 36.6. The Labute approximate surface area is 381 Å². The molecule has 2 N–H and O–H groups in total. The first-order valence-corrected chi connectivity index (χ1v) is 20.2. The van der Waals surface area contributed by atoms with Crippen LogP contribution in [0.4, 0.5) is 21.2 Å². The average molecular weight is 923 g/mol. The molecule has 3 aliphatic heterocycles. The van der Waals surface area contributed by atoms with Crippen LogP contribution in [0.5, 0.6) is 0 Å². The molecule has 0 aliphatic carbocycles. The van der Waals surface area contributed by atoms with Gasteiger partial charge in [-0.2, -0.15) is 0 Å². The van der Waals surface area contributed by atoms with Gasteiger partial charge in [0.1, 0.15) is 47.0 Å². The Kier molecular flexibility index (Phi) is 27.2. The number of nitrogens with zero attached hydrogens (tertiary/aromatic N) is 10. The molecule has 3 aromatic rings. The van der Waals surface area contributed by atoms with Gasteiger partial charge in [0.15, 0.2) is 0 Å². The summed E-state index contributed by atoms with van der Waals surface area (Å²) in [5.74, 6) is 2.00. The monoisotopic (exact) mass is 920 g/mol. The Morgan fingerprint density at radius 1 is 0.667 bits per heavy atom. The van der Waals surface area contributed by atoms with Crippen molar-refractivity contribution in [2.24, 2.45) is 0 Å². The number of hydrogen-bond acceptors (Lipinski definition) is 14. The summed E-state index contributed by atoms with van der Waals surface area (Å²) in [4.78, 5) is 55.5. The molecular formula is C40H68Cl4N12O4. The molecule has 0 saturated carbocycles. The molecule has 3 fully saturated rings. The molecule has 3 aromatic heterocycles. The number of nitrogens with one attached hydrogen (secondary N) is 2. The quantitative estimate of drug-likeness (QED) is 0.252. The number of piperidine rings is 3. The van der Waals surface area contributed by atoms with E-state index in [0.29, 0.717) is 17.2 Å². The maximum absolute atomic E-state index is 12.1. The number of amides is 2. The number of ether oxygens (including phenoxy) is 2. The lowest BCUT2D eigenvalue weighted by atomic mass is 10.0. The molecule has 60 heavy (non-hydrogen) atoms. The summed E-state index contributed by atoms with van der Waals surface area (Å²) in [6.07, 6.45) is 15.5. The van der Waals surface area contributed by atoms with Crippen LogP contribution in [-0.2, 0) is 9.47 Å². The van der Waals surface area contributed by atoms with Crippen LogP contribution in [0.3, 0.4) is 0 Å². The van der Waals surface area contributed by atoms with Crippen LogP contribution >= 0.6 is 48.8 Å². The lowest BCUT2D eigenvalue weighted by molar-refractivity contribution is 0.0187. The van der Waals surface area contributed by atoms with E-state index < -0.39 is 11.2 Å². The van der Waals surface area contributed by atoms with Crippen molar-refractivity contribution in [3.8, 4) is 0 Å². The van der Waals surface area contributed by atoms with E-state index in [1.807, 2.05) is 74.8 Å². The topological polar surface area (TPSA) is 167 Å². The van der Waals surface area contributed by atoms with Gasteiger partial charge in [0.25, 0.3) is 0 Å². The van der Waals surface area contributed by atoms with Crippen molar-refractivity contribution < 1.29 is 19.1 Å². The van der Waals surface area contributed by atoms with Crippen LogP contribution < -0.4 is 20.4 Å². The highest BCUT2D eigenvalue weighted by molar-refractivity contribution is 6.29. The predicted octanol–water partition coefficient (Wildman–Crippen LogP) is 6.98. The lowest BCUT2D eigenvalue weighted by Crippen LogP contribution is -2.47. The minimum atomic E-state index is -0.451. The van der Waals surface area contributed by atoms with Gasteiger partial charge in [-0.25, -0.2) is 39.5 Å². The summed E-state index contributed by atoms with van der Waals surface area (Å²) in [7, 11) is 5.67. The molecule has 0 spiro atoms. The molecule has 0 atom stereocenters. The maximum Gasteiger partial charge on any atom is 0.410 e. The molecule has 6 heterocycles. The molecule has 3 aliphatic rings. The molecule has 0 unspecified atom stereocenters. The Hall–Kier alpha value is -3.54. The van der Waals surface area contributed by atoms with E-state index in [4.69, 9.17) is 21.1 Å². The highest BCUT2D eigenvalue weighted by Gasteiger charge is 2.29. The first-order valence-electron chi connectivity index (χ1n) is 19.8. The molecule has 340 valence electrons. The Bertz CT molecular complexity index is 1560. The smallest absolute Gasteiger partial charge is 0.410 e. The van der Waals surface area contributed by atoms with Crippen molar-refractivity contribution in [3.05, 3.63) is 60.9 Å². The van der Waals surface area contributed by atoms with Gasteiger partial charge in [-0.15, -0.1) is 37.2 Å². The number of halogens is 4. The van der Waals surface area contributed by atoms with Gasteiger partial charge >= 0.3 is 12.2 Å². The standard InChI is InChI=1S/C15H24N4O2.C11H22N2O2.C10H16N4.C4H3ClN2.3ClH/c1-15(2,3)21-14(20)18(4)12-6-9-19(10-7-12)13-5-8-16-11-17-13;1-11(2,3)15-10(14)13(4)9-5-7-12-8-6-9;1-11-9-3-6-14(7-4-9)10-2-5-12-8-13-10;5-4-1-2-6-3-7-4;;;/h5,8,11-12H,6-7,9-10H2,1-4H3;9,12H,5-8H2,1-4H3;2,5,8-9,11H,3-4,6-7H2,1H3;1-3H;3*1H. The number of hydrogen-bond donors (Lipinski definition) is 2. The first kappa shape index (κ1) is 56.5. The fourth-order valence-electron chi connectivity index (χ4n) is 6.26.